The molecule has 0 radical (unpaired) electrons. The summed E-state index contributed by atoms with van der Waals surface area (Å²) < 4.78 is 0. The molecule has 1 aliphatic rings. The summed E-state index contributed by atoms with van der Waals surface area (Å²) in [5.74, 6) is 0.136. The van der Waals surface area contributed by atoms with E-state index in [1.807, 2.05) is 44.2 Å². The van der Waals surface area contributed by atoms with E-state index >= 15 is 0 Å². The van der Waals surface area contributed by atoms with Crippen molar-refractivity contribution in [3.8, 4) is 0 Å². The van der Waals surface area contributed by atoms with Gasteiger partial charge >= 0.3 is 17.1 Å². The van der Waals surface area contributed by atoms with E-state index in [1.54, 1.807) is 0 Å². The number of hydrogen-bond donors (Lipinski definition) is 0. The van der Waals surface area contributed by atoms with E-state index in [9.17, 15) is 5.11 Å². The van der Waals surface area contributed by atoms with Crippen LogP contribution < -0.4 is 5.11 Å². The average molecular weight is 416 g/mol. The van der Waals surface area contributed by atoms with Gasteiger partial charge in [0.05, 0.1) is 0 Å². The Labute approximate surface area is 181 Å². The van der Waals surface area contributed by atoms with Gasteiger partial charge in [-0.2, -0.15) is 27.8 Å². The Morgan fingerprint density at radius 1 is 0.679 bits per heavy atom. The molecular formula is C26H32FeO. The van der Waals surface area contributed by atoms with Crippen LogP contribution in [0.5, 0.6) is 0 Å². The van der Waals surface area contributed by atoms with Gasteiger partial charge in [-0.1, -0.05) is 70.7 Å². The molecule has 0 aliphatic heterocycles. The predicted molar refractivity (Wildman–Crippen MR) is 116 cm³/mol. The fourth-order valence-electron chi connectivity index (χ4n) is 3.70. The summed E-state index contributed by atoms with van der Waals surface area (Å²) in [6.07, 6.45) is 0. The second-order valence-electron chi connectivity index (χ2n) is 7.70. The zero-order valence-corrected chi connectivity index (χ0v) is 19.8. The number of rotatable bonds is 1. The van der Waals surface area contributed by atoms with Crippen molar-refractivity contribution in [2.75, 3.05) is 0 Å². The molecule has 2 aromatic carbocycles. The van der Waals surface area contributed by atoms with E-state index in [2.05, 4.69) is 48.5 Å². The van der Waals surface area contributed by atoms with E-state index < -0.39 is 0 Å². The molecule has 150 valence electrons. The van der Waals surface area contributed by atoms with Crippen LogP contribution in [0.2, 0.25) is 0 Å². The molecule has 0 N–H and O–H groups in total. The summed E-state index contributed by atoms with van der Waals surface area (Å²) in [5.41, 5.74) is 13.7. The molecule has 0 heterocycles. The van der Waals surface area contributed by atoms with Gasteiger partial charge in [0.2, 0.25) is 0 Å². The van der Waals surface area contributed by atoms with E-state index in [1.165, 1.54) is 39.0 Å². The van der Waals surface area contributed by atoms with Crippen LogP contribution in [-0.4, -0.2) is 0 Å². The third-order valence-corrected chi connectivity index (χ3v) is 6.51. The summed E-state index contributed by atoms with van der Waals surface area (Å²) in [7, 11) is 0. The molecule has 0 spiro atoms. The molecule has 2 aromatic rings. The normalized spacial score (nSPS) is 13.4. The number of hydrogen-bond acceptors (Lipinski definition) is 1. The van der Waals surface area contributed by atoms with Crippen molar-refractivity contribution in [1.29, 1.82) is 0 Å². The maximum absolute atomic E-state index is 12.5. The van der Waals surface area contributed by atoms with E-state index in [0.29, 0.717) is 0 Å². The van der Waals surface area contributed by atoms with Crippen LogP contribution in [0.25, 0.3) is 5.76 Å². The summed E-state index contributed by atoms with van der Waals surface area (Å²) >= 11 is 0. The molecule has 28 heavy (non-hydrogen) atoms. The van der Waals surface area contributed by atoms with Gasteiger partial charge in [-0.25, -0.2) is 0 Å². The van der Waals surface area contributed by atoms with Gasteiger partial charge in [-0.05, 0) is 61.1 Å². The third kappa shape index (κ3) is 4.40. The monoisotopic (exact) mass is 416 g/mol. The molecular weight excluding hydrogens is 384 g/mol. The van der Waals surface area contributed by atoms with Gasteiger partial charge in [0.1, 0.15) is 0 Å². The molecule has 0 bridgehead atoms. The molecule has 1 nitrogen and oxygen atoms in total. The van der Waals surface area contributed by atoms with Gasteiger partial charge in [0, 0.05) is 0 Å². The Morgan fingerprint density at radius 3 is 1.39 bits per heavy atom. The van der Waals surface area contributed by atoms with Crippen LogP contribution in [0, 0.1) is 34.6 Å². The zero-order chi connectivity index (χ0) is 20.5. The van der Waals surface area contributed by atoms with Crippen molar-refractivity contribution in [2.45, 2.75) is 62.3 Å². The maximum Gasteiger partial charge on any atom is 2.00 e. The first kappa shape index (κ1) is 24.1. The summed E-state index contributed by atoms with van der Waals surface area (Å²) in [6.45, 7) is 19.2. The second-order valence-corrected chi connectivity index (χ2v) is 7.70. The molecule has 2 heteroatoms. The molecule has 1 aliphatic carbocycles. The fourth-order valence-corrected chi connectivity index (χ4v) is 3.70. The Balaban J connectivity index is 0.000000307. The first-order valence-corrected chi connectivity index (χ1v) is 9.61. The standard InChI is InChI=1S/C16H18O.C10H15.Fe/c1-10-11(2)13(4)15(12(10)3)16(17)14-8-6-5-7-9-14;1-6-7(2)9(4)10(5)8(6)3;/h5-9,17H,1-4H3;1-5H3;/q;-1;+2/p-1. The molecule has 3 rings (SSSR count). The summed E-state index contributed by atoms with van der Waals surface area (Å²) in [4.78, 5) is 0. The minimum atomic E-state index is 0. The van der Waals surface area contributed by atoms with Crippen molar-refractivity contribution >= 4 is 5.76 Å². The van der Waals surface area contributed by atoms with Gasteiger partial charge in [0.25, 0.3) is 0 Å². The van der Waals surface area contributed by atoms with E-state index in [4.69, 9.17) is 0 Å². The molecule has 0 saturated heterocycles. The molecule has 0 unspecified atom stereocenters. The average Bonchev–Trinajstić information content (AvgIpc) is 2.97. The van der Waals surface area contributed by atoms with Crippen molar-refractivity contribution in [2.24, 2.45) is 0 Å². The second kappa shape index (κ2) is 9.54. The van der Waals surface area contributed by atoms with Gasteiger partial charge in [-0.3, -0.25) is 0 Å². The Hall–Kier alpha value is -1.89. The molecule has 0 saturated carbocycles. The van der Waals surface area contributed by atoms with Gasteiger partial charge < -0.3 is 5.11 Å². The summed E-state index contributed by atoms with van der Waals surface area (Å²) in [6, 6.07) is 9.48. The first-order chi connectivity index (χ1) is 12.6. The largest absolute Gasteiger partial charge is 2.00 e. The van der Waals surface area contributed by atoms with E-state index in [0.717, 1.165) is 22.3 Å². The van der Waals surface area contributed by atoms with Crippen molar-refractivity contribution in [3.05, 3.63) is 91.6 Å². The Kier molecular flexibility index (Phi) is 8.23. The van der Waals surface area contributed by atoms with Crippen molar-refractivity contribution in [3.63, 3.8) is 0 Å². The van der Waals surface area contributed by atoms with Crippen molar-refractivity contribution < 1.29 is 22.2 Å². The SMILES string of the molecule is CC1=C(C)C(=C([O-])c2ccccc2)C(C)=C1C.Cc1c(C)c(C)[c-](C)c1C.[Fe+2]. The smallest absolute Gasteiger partial charge is 0.872 e. The van der Waals surface area contributed by atoms with Gasteiger partial charge in [0.15, 0.2) is 0 Å². The Bertz CT molecular complexity index is 844. The predicted octanol–water partition coefficient (Wildman–Crippen LogP) is 6.39. The topological polar surface area (TPSA) is 23.1 Å². The first-order valence-electron chi connectivity index (χ1n) is 9.61. The molecule has 0 atom stereocenters. The van der Waals surface area contributed by atoms with Gasteiger partial charge in [-0.15, -0.1) is 0 Å². The maximum atomic E-state index is 12.5. The van der Waals surface area contributed by atoms with Crippen LogP contribution >= 0.6 is 0 Å². The number of allylic oxidation sites excluding steroid dienone is 5. The van der Waals surface area contributed by atoms with Crippen LogP contribution in [0.4, 0.5) is 0 Å². The Morgan fingerprint density at radius 2 is 1.07 bits per heavy atom. The molecule has 0 fully saturated rings. The van der Waals surface area contributed by atoms with Crippen LogP contribution in [0.15, 0.2) is 58.2 Å². The quantitative estimate of drug-likeness (QED) is 0.300. The van der Waals surface area contributed by atoms with E-state index in [-0.39, 0.29) is 22.8 Å². The van der Waals surface area contributed by atoms with Crippen LogP contribution in [0.1, 0.15) is 61.1 Å². The van der Waals surface area contributed by atoms with Crippen LogP contribution in [0.3, 0.4) is 0 Å². The van der Waals surface area contributed by atoms with Crippen molar-refractivity contribution in [1.82, 2.24) is 0 Å². The number of benzene rings is 1. The molecule has 0 aromatic heterocycles. The minimum absolute atomic E-state index is 0. The fraction of sp³-hybridized carbons (Fsp3) is 0.346. The summed E-state index contributed by atoms with van der Waals surface area (Å²) in [5, 5.41) is 12.5. The van der Waals surface area contributed by atoms with Crippen LogP contribution in [-0.2, 0) is 17.1 Å². The zero-order valence-electron chi connectivity index (χ0n) is 18.6. The minimum Gasteiger partial charge on any atom is -0.872 e. The third-order valence-electron chi connectivity index (χ3n) is 6.51. The molecule has 0 amide bonds.